The Bertz CT molecular complexity index is 1030. The van der Waals surface area contributed by atoms with Gasteiger partial charge in [-0.1, -0.05) is 48.5 Å². The molecule has 0 bridgehead atoms. The summed E-state index contributed by atoms with van der Waals surface area (Å²) in [7, 11) is 0. The second kappa shape index (κ2) is 8.84. The van der Waals surface area contributed by atoms with E-state index >= 15 is 0 Å². The van der Waals surface area contributed by atoms with Gasteiger partial charge in [-0.25, -0.2) is 4.79 Å². The summed E-state index contributed by atoms with van der Waals surface area (Å²) in [6.07, 6.45) is 0. The van der Waals surface area contributed by atoms with Gasteiger partial charge in [0.05, 0.1) is 5.56 Å². The Hall–Kier alpha value is -3.93. The molecule has 6 heteroatoms. The van der Waals surface area contributed by atoms with E-state index in [1.165, 1.54) is 12.1 Å². The molecule has 0 aliphatic carbocycles. The Labute approximate surface area is 167 Å². The lowest BCUT2D eigenvalue weighted by Crippen LogP contribution is -2.29. The molecule has 3 aromatic carbocycles. The number of benzene rings is 3. The van der Waals surface area contributed by atoms with Gasteiger partial charge < -0.3 is 15.1 Å². The lowest BCUT2D eigenvalue weighted by Gasteiger charge is -2.23. The van der Waals surface area contributed by atoms with Crippen LogP contribution in [0.5, 0.6) is 0 Å². The summed E-state index contributed by atoms with van der Waals surface area (Å²) in [5.41, 5.74) is 2.58. The fourth-order valence-electron chi connectivity index (χ4n) is 3.00. The van der Waals surface area contributed by atoms with Gasteiger partial charge in [0.15, 0.2) is 5.78 Å². The highest BCUT2D eigenvalue weighted by atomic mass is 16.4. The second-order valence-corrected chi connectivity index (χ2v) is 6.50. The van der Waals surface area contributed by atoms with Crippen LogP contribution in [0.4, 0.5) is 5.69 Å². The highest BCUT2D eigenvalue weighted by Crippen LogP contribution is 2.20. The van der Waals surface area contributed by atoms with Crippen molar-refractivity contribution >= 4 is 23.4 Å². The molecule has 0 heterocycles. The van der Waals surface area contributed by atoms with E-state index in [4.69, 9.17) is 5.11 Å². The fourth-order valence-corrected chi connectivity index (χ4v) is 3.00. The normalized spacial score (nSPS) is 10.3. The van der Waals surface area contributed by atoms with E-state index in [0.29, 0.717) is 16.8 Å². The van der Waals surface area contributed by atoms with Crippen LogP contribution in [0.25, 0.3) is 0 Å². The number of carbonyl (C=O) groups is 3. The van der Waals surface area contributed by atoms with Gasteiger partial charge in [-0.3, -0.25) is 9.59 Å². The molecule has 29 heavy (non-hydrogen) atoms. The number of carboxylic acids is 2. The van der Waals surface area contributed by atoms with E-state index in [9.17, 15) is 19.5 Å². The first-order valence-electron chi connectivity index (χ1n) is 8.93. The third-order valence-corrected chi connectivity index (χ3v) is 4.40. The van der Waals surface area contributed by atoms with E-state index in [1.807, 2.05) is 12.1 Å². The summed E-state index contributed by atoms with van der Waals surface area (Å²) in [6.45, 7) is -0.00208. The molecule has 0 atom stereocenters. The molecule has 0 saturated heterocycles. The summed E-state index contributed by atoms with van der Waals surface area (Å²) in [6, 6.07) is 22.0. The maximum atomic E-state index is 12.7. The number of carbonyl (C=O) groups excluding carboxylic acids is 1. The number of hydrogen-bond donors (Lipinski definition) is 2. The number of anilines is 1. The fraction of sp³-hybridized carbons (Fsp3) is 0.0870. The molecular formula is C23H19NO5. The van der Waals surface area contributed by atoms with Crippen molar-refractivity contribution < 1.29 is 24.6 Å². The Kier molecular flexibility index (Phi) is 6.04. The van der Waals surface area contributed by atoms with Crippen LogP contribution >= 0.6 is 0 Å². The zero-order valence-corrected chi connectivity index (χ0v) is 15.5. The van der Waals surface area contributed by atoms with Crippen LogP contribution in [0.3, 0.4) is 0 Å². The molecule has 3 rings (SSSR count). The van der Waals surface area contributed by atoms with Gasteiger partial charge in [0.1, 0.15) is 6.54 Å². The summed E-state index contributed by atoms with van der Waals surface area (Å²) in [5.74, 6) is -2.17. The van der Waals surface area contributed by atoms with Crippen LogP contribution in [0.15, 0.2) is 78.9 Å². The maximum absolute atomic E-state index is 12.7. The van der Waals surface area contributed by atoms with Crippen molar-refractivity contribution in [2.45, 2.75) is 6.54 Å². The van der Waals surface area contributed by atoms with Gasteiger partial charge in [0.25, 0.3) is 0 Å². The smallest absolute Gasteiger partial charge is 0.335 e. The number of rotatable bonds is 8. The summed E-state index contributed by atoms with van der Waals surface area (Å²) >= 11 is 0. The van der Waals surface area contributed by atoms with Gasteiger partial charge >= 0.3 is 11.9 Å². The SMILES string of the molecule is O=C(O)CN(Cc1cccc(C(=O)c2ccccc2)c1)c1ccc(C(=O)O)cc1. The van der Waals surface area contributed by atoms with Crippen LogP contribution in [0.1, 0.15) is 31.8 Å². The summed E-state index contributed by atoms with van der Waals surface area (Å²) in [4.78, 5) is 36.6. The largest absolute Gasteiger partial charge is 0.480 e. The highest BCUT2D eigenvalue weighted by Gasteiger charge is 2.14. The number of hydrogen-bond acceptors (Lipinski definition) is 4. The molecule has 3 aromatic rings. The Morgan fingerprint density at radius 2 is 1.38 bits per heavy atom. The zero-order valence-electron chi connectivity index (χ0n) is 15.5. The summed E-state index contributed by atoms with van der Waals surface area (Å²) < 4.78 is 0. The van der Waals surface area contributed by atoms with Crippen LogP contribution in [0, 0.1) is 0 Å². The minimum absolute atomic E-state index is 0.108. The number of aromatic carboxylic acids is 1. The van der Waals surface area contributed by atoms with Crippen molar-refractivity contribution in [1.82, 2.24) is 0 Å². The van der Waals surface area contributed by atoms with Crippen molar-refractivity contribution in [3.63, 3.8) is 0 Å². The quantitative estimate of drug-likeness (QED) is 0.571. The molecule has 6 nitrogen and oxygen atoms in total. The predicted molar refractivity (Wildman–Crippen MR) is 108 cm³/mol. The lowest BCUT2D eigenvalue weighted by molar-refractivity contribution is -0.135. The van der Waals surface area contributed by atoms with Crippen molar-refractivity contribution in [1.29, 1.82) is 0 Å². The molecule has 0 unspecified atom stereocenters. The average Bonchev–Trinajstić information content (AvgIpc) is 2.73. The molecule has 0 saturated carbocycles. The third kappa shape index (κ3) is 5.07. The van der Waals surface area contributed by atoms with E-state index in [1.54, 1.807) is 59.5 Å². The molecule has 0 amide bonds. The second-order valence-electron chi connectivity index (χ2n) is 6.50. The van der Waals surface area contributed by atoms with E-state index in [2.05, 4.69) is 0 Å². The van der Waals surface area contributed by atoms with E-state index < -0.39 is 11.9 Å². The van der Waals surface area contributed by atoms with Gasteiger partial charge in [0.2, 0.25) is 0 Å². The zero-order chi connectivity index (χ0) is 20.8. The van der Waals surface area contributed by atoms with Crippen LogP contribution in [-0.4, -0.2) is 34.5 Å². The Morgan fingerprint density at radius 1 is 0.724 bits per heavy atom. The lowest BCUT2D eigenvalue weighted by atomic mass is 10.0. The number of ketones is 1. The first-order chi connectivity index (χ1) is 13.9. The third-order valence-electron chi connectivity index (χ3n) is 4.40. The monoisotopic (exact) mass is 389 g/mol. The van der Waals surface area contributed by atoms with Crippen molar-refractivity contribution in [2.75, 3.05) is 11.4 Å². The molecule has 0 aliphatic heterocycles. The Morgan fingerprint density at radius 3 is 2.00 bits per heavy atom. The van der Waals surface area contributed by atoms with E-state index in [-0.39, 0.29) is 24.4 Å². The molecule has 0 fully saturated rings. The van der Waals surface area contributed by atoms with Crippen molar-refractivity contribution in [2.24, 2.45) is 0 Å². The number of carboxylic acid groups (broad SMARTS) is 2. The maximum Gasteiger partial charge on any atom is 0.335 e. The van der Waals surface area contributed by atoms with Crippen LogP contribution in [-0.2, 0) is 11.3 Å². The van der Waals surface area contributed by atoms with Crippen molar-refractivity contribution in [3.8, 4) is 0 Å². The van der Waals surface area contributed by atoms with Crippen LogP contribution in [0.2, 0.25) is 0 Å². The Balaban J connectivity index is 1.85. The van der Waals surface area contributed by atoms with Gasteiger partial charge in [-0.15, -0.1) is 0 Å². The first-order valence-corrected chi connectivity index (χ1v) is 8.93. The predicted octanol–water partition coefficient (Wildman–Crippen LogP) is 3.71. The summed E-state index contributed by atoms with van der Waals surface area (Å²) in [5, 5.41) is 18.3. The van der Waals surface area contributed by atoms with E-state index in [0.717, 1.165) is 5.56 Å². The minimum Gasteiger partial charge on any atom is -0.480 e. The molecule has 0 radical (unpaired) electrons. The van der Waals surface area contributed by atoms with Crippen molar-refractivity contribution in [3.05, 3.63) is 101 Å². The molecule has 2 N–H and O–H groups in total. The van der Waals surface area contributed by atoms with Gasteiger partial charge in [0, 0.05) is 23.4 Å². The minimum atomic E-state index is -1.05. The first kappa shape index (κ1) is 19.8. The van der Waals surface area contributed by atoms with Gasteiger partial charge in [-0.05, 0) is 35.9 Å². The standard InChI is InChI=1S/C23H19NO5/c25-21(26)15-24(20-11-9-18(10-12-20)23(28)29)14-16-5-4-8-19(13-16)22(27)17-6-2-1-3-7-17/h1-13H,14-15H2,(H,25,26)(H,28,29). The average molecular weight is 389 g/mol. The van der Waals surface area contributed by atoms with Crippen LogP contribution < -0.4 is 4.90 Å². The molecule has 0 aromatic heterocycles. The molecule has 146 valence electrons. The van der Waals surface area contributed by atoms with Gasteiger partial charge in [-0.2, -0.15) is 0 Å². The number of aliphatic carboxylic acids is 1. The highest BCUT2D eigenvalue weighted by molar-refractivity contribution is 6.09. The number of nitrogens with zero attached hydrogens (tertiary/aromatic N) is 1. The molecular weight excluding hydrogens is 370 g/mol. The molecule has 0 aliphatic rings. The molecule has 0 spiro atoms. The topological polar surface area (TPSA) is 94.9 Å².